The fourth-order valence-corrected chi connectivity index (χ4v) is 1.42. The Morgan fingerprint density at radius 1 is 1.35 bits per heavy atom. The quantitative estimate of drug-likeness (QED) is 0.577. The van der Waals surface area contributed by atoms with Crippen molar-refractivity contribution in [1.29, 1.82) is 5.26 Å². The highest BCUT2D eigenvalue weighted by atomic mass is 16.5. The second-order valence-corrected chi connectivity index (χ2v) is 4.36. The fraction of sp³-hybridized carbons (Fsp3) is 0.429. The molecule has 0 aliphatic carbocycles. The van der Waals surface area contributed by atoms with E-state index in [9.17, 15) is 4.79 Å². The summed E-state index contributed by atoms with van der Waals surface area (Å²) in [5.74, 6) is 0.307. The number of rotatable bonds is 5. The van der Waals surface area contributed by atoms with Gasteiger partial charge in [-0.1, -0.05) is 13.8 Å². The molecule has 0 spiro atoms. The molecule has 0 amide bonds. The Bertz CT molecular complexity index is 401. The van der Waals surface area contributed by atoms with E-state index in [4.69, 9.17) is 10.00 Å². The molecule has 1 aromatic rings. The van der Waals surface area contributed by atoms with Gasteiger partial charge in [0, 0.05) is 0 Å². The van der Waals surface area contributed by atoms with Crippen LogP contribution in [0.5, 0.6) is 0 Å². The van der Waals surface area contributed by atoms with E-state index in [1.807, 2.05) is 6.07 Å². The second-order valence-electron chi connectivity index (χ2n) is 4.36. The molecule has 0 aliphatic rings. The maximum Gasteiger partial charge on any atom is 0.338 e. The summed E-state index contributed by atoms with van der Waals surface area (Å²) in [7, 11) is 0. The number of benzene rings is 1. The van der Waals surface area contributed by atoms with Crippen LogP contribution >= 0.6 is 0 Å². The van der Waals surface area contributed by atoms with Gasteiger partial charge in [-0.25, -0.2) is 4.79 Å². The van der Waals surface area contributed by atoms with E-state index >= 15 is 0 Å². The zero-order chi connectivity index (χ0) is 12.7. The van der Waals surface area contributed by atoms with Gasteiger partial charge in [0.1, 0.15) is 0 Å². The van der Waals surface area contributed by atoms with Gasteiger partial charge >= 0.3 is 5.97 Å². The smallest absolute Gasteiger partial charge is 0.338 e. The zero-order valence-electron chi connectivity index (χ0n) is 10.3. The lowest BCUT2D eigenvalue weighted by atomic mass is 10.1. The SMILES string of the molecule is CC(C)CCCOC(=O)c1ccc(C#N)cc1. The molecule has 0 aliphatic heterocycles. The van der Waals surface area contributed by atoms with Gasteiger partial charge in [0.15, 0.2) is 0 Å². The Morgan fingerprint density at radius 3 is 2.53 bits per heavy atom. The van der Waals surface area contributed by atoms with Crippen molar-refractivity contribution in [2.45, 2.75) is 26.7 Å². The summed E-state index contributed by atoms with van der Waals surface area (Å²) in [5.41, 5.74) is 1.04. The van der Waals surface area contributed by atoms with Gasteiger partial charge in [-0.05, 0) is 43.0 Å². The summed E-state index contributed by atoms with van der Waals surface area (Å²) in [4.78, 5) is 11.6. The van der Waals surface area contributed by atoms with Crippen LogP contribution < -0.4 is 0 Å². The van der Waals surface area contributed by atoms with E-state index in [-0.39, 0.29) is 5.97 Å². The normalized spacial score (nSPS) is 10.0. The topological polar surface area (TPSA) is 50.1 Å². The predicted octanol–water partition coefficient (Wildman–Crippen LogP) is 3.15. The van der Waals surface area contributed by atoms with Gasteiger partial charge in [0.25, 0.3) is 0 Å². The lowest BCUT2D eigenvalue weighted by Gasteiger charge is -2.06. The van der Waals surface area contributed by atoms with Crippen molar-refractivity contribution in [1.82, 2.24) is 0 Å². The second kappa shape index (κ2) is 6.70. The summed E-state index contributed by atoms with van der Waals surface area (Å²) < 4.78 is 5.13. The Hall–Kier alpha value is -1.82. The van der Waals surface area contributed by atoms with Crippen molar-refractivity contribution >= 4 is 5.97 Å². The predicted molar refractivity (Wildman–Crippen MR) is 65.5 cm³/mol. The molecule has 1 aromatic carbocycles. The van der Waals surface area contributed by atoms with E-state index in [1.165, 1.54) is 0 Å². The Balaban J connectivity index is 2.39. The number of hydrogen-bond acceptors (Lipinski definition) is 3. The van der Waals surface area contributed by atoms with Gasteiger partial charge < -0.3 is 4.74 Å². The zero-order valence-corrected chi connectivity index (χ0v) is 10.3. The Kier molecular flexibility index (Phi) is 5.22. The van der Waals surface area contributed by atoms with E-state index in [0.29, 0.717) is 23.7 Å². The highest BCUT2D eigenvalue weighted by molar-refractivity contribution is 5.89. The molecule has 0 saturated carbocycles. The van der Waals surface area contributed by atoms with Crippen molar-refractivity contribution in [3.05, 3.63) is 35.4 Å². The third kappa shape index (κ3) is 4.69. The van der Waals surface area contributed by atoms with E-state index < -0.39 is 0 Å². The molecule has 0 heterocycles. The van der Waals surface area contributed by atoms with Crippen LogP contribution in [0.3, 0.4) is 0 Å². The minimum Gasteiger partial charge on any atom is -0.462 e. The molecular formula is C14H17NO2. The largest absolute Gasteiger partial charge is 0.462 e. The first-order chi connectivity index (χ1) is 8.13. The summed E-state index contributed by atoms with van der Waals surface area (Å²) in [6.45, 7) is 4.74. The van der Waals surface area contributed by atoms with Crippen molar-refractivity contribution in [2.24, 2.45) is 5.92 Å². The highest BCUT2D eigenvalue weighted by Crippen LogP contribution is 2.07. The van der Waals surface area contributed by atoms with Gasteiger partial charge in [0.05, 0.1) is 23.8 Å². The Labute approximate surface area is 102 Å². The minimum atomic E-state index is -0.321. The molecule has 0 bridgehead atoms. The van der Waals surface area contributed by atoms with Crippen LogP contribution in [0.4, 0.5) is 0 Å². The van der Waals surface area contributed by atoms with Crippen LogP contribution in [0.15, 0.2) is 24.3 Å². The van der Waals surface area contributed by atoms with E-state index in [2.05, 4.69) is 13.8 Å². The number of esters is 1. The average molecular weight is 231 g/mol. The number of hydrogen-bond donors (Lipinski definition) is 0. The number of ether oxygens (including phenoxy) is 1. The summed E-state index contributed by atoms with van der Waals surface area (Å²) in [6.07, 6.45) is 1.94. The molecule has 3 nitrogen and oxygen atoms in total. The van der Waals surface area contributed by atoms with Crippen LogP contribution in [-0.2, 0) is 4.74 Å². The molecule has 90 valence electrons. The summed E-state index contributed by atoms with van der Waals surface area (Å²) in [6, 6.07) is 8.47. The molecule has 0 unspecified atom stereocenters. The first-order valence-electron chi connectivity index (χ1n) is 5.80. The maximum atomic E-state index is 11.6. The van der Waals surface area contributed by atoms with Crippen LogP contribution in [0, 0.1) is 17.2 Å². The van der Waals surface area contributed by atoms with Gasteiger partial charge in [-0.15, -0.1) is 0 Å². The molecule has 0 saturated heterocycles. The molecule has 0 N–H and O–H groups in total. The Morgan fingerprint density at radius 2 is 2.00 bits per heavy atom. The molecule has 17 heavy (non-hydrogen) atoms. The lowest BCUT2D eigenvalue weighted by molar-refractivity contribution is 0.0495. The van der Waals surface area contributed by atoms with Crippen molar-refractivity contribution < 1.29 is 9.53 Å². The highest BCUT2D eigenvalue weighted by Gasteiger charge is 2.06. The molecule has 0 radical (unpaired) electrons. The van der Waals surface area contributed by atoms with Gasteiger partial charge in [0.2, 0.25) is 0 Å². The van der Waals surface area contributed by atoms with Gasteiger partial charge in [-0.2, -0.15) is 5.26 Å². The third-order valence-corrected chi connectivity index (χ3v) is 2.41. The fourth-order valence-electron chi connectivity index (χ4n) is 1.42. The van der Waals surface area contributed by atoms with Crippen LogP contribution in [-0.4, -0.2) is 12.6 Å². The molecule has 1 rings (SSSR count). The molecule has 0 aromatic heterocycles. The lowest BCUT2D eigenvalue weighted by Crippen LogP contribution is -2.07. The van der Waals surface area contributed by atoms with Crippen molar-refractivity contribution in [3.8, 4) is 6.07 Å². The first-order valence-corrected chi connectivity index (χ1v) is 5.80. The van der Waals surface area contributed by atoms with Crippen molar-refractivity contribution in [2.75, 3.05) is 6.61 Å². The number of nitriles is 1. The third-order valence-electron chi connectivity index (χ3n) is 2.41. The van der Waals surface area contributed by atoms with Gasteiger partial charge in [-0.3, -0.25) is 0 Å². The van der Waals surface area contributed by atoms with E-state index in [1.54, 1.807) is 24.3 Å². The van der Waals surface area contributed by atoms with Crippen LogP contribution in [0.25, 0.3) is 0 Å². The monoisotopic (exact) mass is 231 g/mol. The maximum absolute atomic E-state index is 11.6. The van der Waals surface area contributed by atoms with Crippen molar-refractivity contribution in [3.63, 3.8) is 0 Å². The minimum absolute atomic E-state index is 0.321. The molecule has 3 heteroatoms. The number of nitrogens with zero attached hydrogens (tertiary/aromatic N) is 1. The standard InChI is InChI=1S/C14H17NO2/c1-11(2)4-3-9-17-14(16)13-7-5-12(10-15)6-8-13/h5-8,11H,3-4,9H2,1-2H3. The van der Waals surface area contributed by atoms with E-state index in [0.717, 1.165) is 12.8 Å². The molecular weight excluding hydrogens is 214 g/mol. The molecule has 0 fully saturated rings. The summed E-state index contributed by atoms with van der Waals surface area (Å²) in [5, 5.41) is 8.63. The van der Waals surface area contributed by atoms with Crippen LogP contribution in [0.2, 0.25) is 0 Å². The molecule has 0 atom stereocenters. The number of carbonyl (C=O) groups excluding carboxylic acids is 1. The number of carbonyl (C=O) groups is 1. The summed E-state index contributed by atoms with van der Waals surface area (Å²) >= 11 is 0. The first kappa shape index (κ1) is 13.2. The van der Waals surface area contributed by atoms with Crippen LogP contribution in [0.1, 0.15) is 42.6 Å². The average Bonchev–Trinajstić information content (AvgIpc) is 2.34.